The average Bonchev–Trinajstić information content (AvgIpc) is 4.21. The van der Waals surface area contributed by atoms with Crippen molar-refractivity contribution in [3.63, 3.8) is 0 Å². The van der Waals surface area contributed by atoms with Crippen LogP contribution in [0.3, 0.4) is 0 Å². The van der Waals surface area contributed by atoms with Gasteiger partial charge in [0, 0.05) is 71.7 Å². The molecule has 3 aliphatic heterocycles. The number of sulfone groups is 1. The molecule has 79 heavy (non-hydrogen) atoms. The molecule has 21 heteroatoms. The molecule has 0 aliphatic carbocycles. The van der Waals surface area contributed by atoms with Gasteiger partial charge >= 0.3 is 136 Å². The predicted octanol–water partition coefficient (Wildman–Crippen LogP) is 13.7. The van der Waals surface area contributed by atoms with Crippen LogP contribution in [-0.4, -0.2) is 109 Å². The zero-order chi connectivity index (χ0) is 56.2. The molecular formula is C58H64ClF3N6O7P2S2. The van der Waals surface area contributed by atoms with Gasteiger partial charge in [0.2, 0.25) is 7.29 Å². The third-order valence-electron chi connectivity index (χ3n) is 15.5. The summed E-state index contributed by atoms with van der Waals surface area (Å²) in [6.45, 7) is 10.6. The molecule has 418 valence electrons. The van der Waals surface area contributed by atoms with Crippen molar-refractivity contribution in [1.29, 1.82) is 0 Å². The molecule has 1 unspecified atom stereocenters. The number of carbonyl (C=O) groups is 1. The molecule has 0 bridgehead atoms. The zero-order valence-corrected chi connectivity index (χ0v) is 48.3. The van der Waals surface area contributed by atoms with Crippen molar-refractivity contribution < 1.29 is 45.8 Å². The summed E-state index contributed by atoms with van der Waals surface area (Å²) < 4.78 is 99.4. The number of hydrogen-bond donors (Lipinski definition) is 3. The first-order valence-corrected chi connectivity index (χ1v) is 31.9. The molecule has 0 radical (unpaired) electrons. The molecule has 9 rings (SSSR count). The van der Waals surface area contributed by atoms with Crippen LogP contribution in [0, 0.1) is 18.5 Å². The fraction of sp³-hybridized carbons (Fsp3) is 0.379. The summed E-state index contributed by atoms with van der Waals surface area (Å²) in [4.78, 5) is 20.3. The van der Waals surface area contributed by atoms with E-state index in [4.69, 9.17) is 11.6 Å². The molecule has 3 fully saturated rings. The number of likely N-dealkylation sites (tertiary alicyclic amines) is 1. The monoisotopic (exact) mass is 1170 g/mol. The Morgan fingerprint density at radius 3 is 2.15 bits per heavy atom. The van der Waals surface area contributed by atoms with Crippen LogP contribution >= 0.6 is 38.6 Å². The number of nitrogens with zero attached hydrogens (tertiary/aromatic N) is 5. The number of benzene rings is 5. The Bertz CT molecular complexity index is 3430. The molecule has 0 spiro atoms. The van der Waals surface area contributed by atoms with E-state index >= 15 is 4.57 Å². The smallest absolute Gasteiger partial charge is 0.341 e. The van der Waals surface area contributed by atoms with Crippen molar-refractivity contribution in [3.05, 3.63) is 143 Å². The summed E-state index contributed by atoms with van der Waals surface area (Å²) >= 11 is 7.78. The van der Waals surface area contributed by atoms with E-state index in [1.54, 1.807) is 12.1 Å². The summed E-state index contributed by atoms with van der Waals surface area (Å²) in [6.07, 6.45) is 3.10. The molecule has 3 atom stereocenters. The van der Waals surface area contributed by atoms with E-state index in [-0.39, 0.29) is 43.5 Å². The van der Waals surface area contributed by atoms with E-state index in [1.807, 2.05) is 112 Å². The quantitative estimate of drug-likeness (QED) is 0.0553. The van der Waals surface area contributed by atoms with Crippen LogP contribution in [-0.2, 0) is 19.0 Å². The van der Waals surface area contributed by atoms with Crippen LogP contribution in [0.4, 0.5) is 30.2 Å². The van der Waals surface area contributed by atoms with Crippen LogP contribution in [0.2, 0.25) is 5.02 Å². The Labute approximate surface area is 470 Å². The number of carboxylic acid groups (broad SMARTS) is 1. The molecule has 3 N–H and O–H groups in total. The number of piperazine rings is 1. The van der Waals surface area contributed by atoms with Crippen LogP contribution in [0.1, 0.15) is 79.3 Å². The van der Waals surface area contributed by atoms with Gasteiger partial charge in [-0.25, -0.2) is 13.2 Å². The summed E-state index contributed by atoms with van der Waals surface area (Å²) in [5.41, 5.74) is 2.45. The molecule has 1 aromatic heterocycles. The van der Waals surface area contributed by atoms with Crippen LogP contribution < -0.4 is 20.4 Å². The number of thioether (sulfide) groups is 1. The standard InChI is InChI=1S/C58H64ClF3N6O7P2S2/c1-39(2)68-40(3)54(57(69)70)55(56(68)43-12-16-45(59)17-13-43)44-8-7-9-48(36-44)66-33-31-65(32-34-66)47-18-14-42(15-19-47)52-25-30-67(71)77(52,73)49-20-21-51(53(37-49)79(74,75)58(60,61)62)63-46(38-78-50-10-5-4-6-11-50)24-29-64-27-22-41(23-28-64)26-35-76-72/h4-21,36-37,39,41,46,52,63,71H,22-34,38H2,1-3H3,(H,69,70)/t46-,52+,77?/m1/s1. The van der Waals surface area contributed by atoms with Gasteiger partial charge < -0.3 is 24.7 Å². The molecule has 5 aromatic carbocycles. The molecule has 0 amide bonds. The Balaban J connectivity index is 0.929. The van der Waals surface area contributed by atoms with Gasteiger partial charge in [-0.3, -0.25) is 4.57 Å². The Hall–Kier alpha value is -5.25. The second kappa shape index (κ2) is 24.9. The first-order valence-electron chi connectivity index (χ1n) is 26.5. The first kappa shape index (κ1) is 58.4. The minimum absolute atomic E-state index is 0.0263. The van der Waals surface area contributed by atoms with Crippen LogP contribution in [0.5, 0.6) is 0 Å². The van der Waals surface area contributed by atoms with Gasteiger partial charge in [-0.05, 0) is 105 Å². The van der Waals surface area contributed by atoms with E-state index in [9.17, 15) is 41.3 Å². The van der Waals surface area contributed by atoms with E-state index in [1.165, 1.54) is 23.9 Å². The topological polar surface area (TPSA) is 156 Å². The maximum atomic E-state index is 15.3. The SMILES string of the molecule is Cc1c(C(=O)O)c(-c2cccc(N3CCN(c4ccc([C@@H]5CCN(O)P5(=O)c5ccc(N[C@H](CCN6CCC(CC#P=O)CC6)CSc6ccccc6)c(S(=O)(=O)C(F)(F)F)c5)cc4)CC3)c2)c(-c2ccc(Cl)cc2)n1C(C)C. The minimum Gasteiger partial charge on any atom is -0.341 e. The number of alkyl halides is 3. The molecule has 3 saturated heterocycles. The van der Waals surface area contributed by atoms with Gasteiger partial charge in [0.05, 0.1) is 16.9 Å². The second-order valence-corrected chi connectivity index (χ2v) is 27.5. The van der Waals surface area contributed by atoms with Crippen molar-refractivity contribution in [1.82, 2.24) is 14.3 Å². The third kappa shape index (κ3) is 12.6. The molecule has 4 heterocycles. The number of hydrogen-bond acceptors (Lipinski definition) is 11. The van der Waals surface area contributed by atoms with Crippen LogP contribution in [0.25, 0.3) is 22.4 Å². The number of aromatic nitrogens is 1. The fourth-order valence-electron chi connectivity index (χ4n) is 11.4. The van der Waals surface area contributed by atoms with Crippen LogP contribution in [0.15, 0.2) is 131 Å². The molecular weight excluding hydrogens is 1110 g/mol. The van der Waals surface area contributed by atoms with Gasteiger partial charge in [0.15, 0.2) is 0 Å². The number of rotatable bonds is 18. The van der Waals surface area contributed by atoms with Crippen molar-refractivity contribution in [2.75, 3.05) is 73.2 Å². The number of nitrogens with one attached hydrogen (secondary N) is 1. The van der Waals surface area contributed by atoms with Gasteiger partial charge in [-0.2, -0.15) is 13.2 Å². The van der Waals surface area contributed by atoms with E-state index in [2.05, 4.69) is 30.2 Å². The molecule has 0 saturated carbocycles. The van der Waals surface area contributed by atoms with Crippen molar-refractivity contribution in [2.24, 2.45) is 5.92 Å². The van der Waals surface area contributed by atoms with Gasteiger partial charge in [-0.1, -0.05) is 66.2 Å². The van der Waals surface area contributed by atoms with E-state index < -0.39 is 45.2 Å². The van der Waals surface area contributed by atoms with Crippen molar-refractivity contribution in [3.8, 4) is 28.0 Å². The predicted molar refractivity (Wildman–Crippen MR) is 311 cm³/mol. The van der Waals surface area contributed by atoms with Gasteiger partial charge in [-0.15, -0.1) is 4.83 Å². The number of halogens is 4. The van der Waals surface area contributed by atoms with Gasteiger partial charge in [0.25, 0.3) is 9.84 Å². The Morgan fingerprint density at radius 2 is 1.52 bits per heavy atom. The third-order valence-corrected chi connectivity index (χ3v) is 22.1. The zero-order valence-electron chi connectivity index (χ0n) is 44.2. The normalized spacial score (nSPS) is 19.2. The number of aromatic carboxylic acids is 1. The summed E-state index contributed by atoms with van der Waals surface area (Å²) in [6, 6.07) is 35.3. The molecule has 13 nitrogen and oxygen atoms in total. The van der Waals surface area contributed by atoms with Gasteiger partial charge in [0.1, 0.15) is 0 Å². The Morgan fingerprint density at radius 1 is 0.848 bits per heavy atom. The number of carboxylic acids is 1. The second-order valence-electron chi connectivity index (χ2n) is 20.7. The number of piperidine rings is 1. The van der Waals surface area contributed by atoms with Crippen molar-refractivity contribution in [2.45, 2.75) is 85.9 Å². The maximum absolute atomic E-state index is 15.3. The van der Waals surface area contributed by atoms with E-state index in [0.29, 0.717) is 83.9 Å². The van der Waals surface area contributed by atoms with Crippen molar-refractivity contribution >= 4 is 76.7 Å². The average molecular weight is 1180 g/mol. The first-order chi connectivity index (χ1) is 37.8. The number of hydroxylamine groups is 1. The Kier molecular flexibility index (Phi) is 18.4. The fourth-order valence-corrected chi connectivity index (χ4v) is 16.9. The summed E-state index contributed by atoms with van der Waals surface area (Å²) in [7, 11) is -10.3. The van der Waals surface area contributed by atoms with E-state index in [0.717, 1.165) is 65.1 Å². The molecule has 6 aromatic rings. The summed E-state index contributed by atoms with van der Waals surface area (Å²) in [5, 5.41) is 25.5. The minimum atomic E-state index is -5.99. The number of anilines is 3. The molecule has 3 aliphatic rings. The summed E-state index contributed by atoms with van der Waals surface area (Å²) in [5.74, 6) is -0.233.